The zero-order valence-corrected chi connectivity index (χ0v) is 16.4. The molecule has 0 aliphatic heterocycles. The van der Waals surface area contributed by atoms with Crippen LogP contribution in [0.1, 0.15) is 5.56 Å². The van der Waals surface area contributed by atoms with Crippen molar-refractivity contribution in [1.29, 1.82) is 0 Å². The molecule has 1 heterocycles. The molecule has 0 saturated heterocycles. The summed E-state index contributed by atoms with van der Waals surface area (Å²) in [5, 5.41) is 8.93. The Hall–Kier alpha value is -3.92. The molecule has 0 bridgehead atoms. The number of nitrogen functional groups attached to an aromatic ring is 1. The summed E-state index contributed by atoms with van der Waals surface area (Å²) in [6.07, 6.45) is 2.56. The molecule has 0 atom stereocenters. The minimum atomic E-state index is -0.585. The smallest absolute Gasteiger partial charge is 0.323 e. The van der Waals surface area contributed by atoms with Crippen LogP contribution in [-0.2, 0) is 4.84 Å². The Morgan fingerprint density at radius 2 is 2.07 bits per heavy atom. The second kappa shape index (κ2) is 9.52. The zero-order chi connectivity index (χ0) is 21.5. The van der Waals surface area contributed by atoms with Gasteiger partial charge in [0.15, 0.2) is 0 Å². The van der Waals surface area contributed by atoms with Crippen LogP contribution in [0.5, 0.6) is 11.6 Å². The molecule has 9 nitrogen and oxygen atoms in total. The van der Waals surface area contributed by atoms with E-state index in [4.69, 9.17) is 22.1 Å². The average molecular weight is 431 g/mol. The third kappa shape index (κ3) is 5.32. The number of anilines is 3. The van der Waals surface area contributed by atoms with Gasteiger partial charge in [0.2, 0.25) is 5.88 Å². The number of urea groups is 1. The van der Waals surface area contributed by atoms with Gasteiger partial charge in [0.05, 0.1) is 16.9 Å². The van der Waals surface area contributed by atoms with E-state index in [0.29, 0.717) is 22.7 Å². The van der Waals surface area contributed by atoms with Crippen molar-refractivity contribution in [2.75, 3.05) is 23.5 Å². The Bertz CT molecular complexity index is 1100. The van der Waals surface area contributed by atoms with Crippen molar-refractivity contribution in [3.8, 4) is 11.6 Å². The van der Waals surface area contributed by atoms with Crippen molar-refractivity contribution in [1.82, 2.24) is 9.97 Å². The van der Waals surface area contributed by atoms with Crippen molar-refractivity contribution in [2.45, 2.75) is 0 Å². The van der Waals surface area contributed by atoms with E-state index >= 15 is 0 Å². The van der Waals surface area contributed by atoms with Crippen molar-refractivity contribution in [2.24, 2.45) is 5.16 Å². The fourth-order valence-corrected chi connectivity index (χ4v) is 2.54. The molecule has 0 unspecified atom stereocenters. The number of halogens is 2. The first kappa shape index (κ1) is 20.8. The molecule has 30 heavy (non-hydrogen) atoms. The third-order valence-corrected chi connectivity index (χ3v) is 3.96. The highest BCUT2D eigenvalue weighted by atomic mass is 35.5. The Labute approximate surface area is 175 Å². The second-order valence-corrected chi connectivity index (χ2v) is 6.14. The Morgan fingerprint density at radius 1 is 1.23 bits per heavy atom. The third-order valence-electron chi connectivity index (χ3n) is 3.65. The first-order valence-corrected chi connectivity index (χ1v) is 8.82. The standard InChI is InChI=1S/C19H16ClFN6O3/c1-29-25-9-14-17(22)23-10-24-18(14)30-13-5-6-16(15(20)8-13)27-19(28)26-12-4-2-3-11(21)7-12/h2-10H,1H3,(H2,22,23,24)(H2,26,27,28)/b25-9+. The van der Waals surface area contributed by atoms with Crippen LogP contribution in [0.15, 0.2) is 53.9 Å². The van der Waals surface area contributed by atoms with Crippen LogP contribution in [0.25, 0.3) is 0 Å². The SMILES string of the molecule is CO/N=C/c1c(N)ncnc1Oc1ccc(NC(=O)Nc2cccc(F)c2)c(Cl)c1. The van der Waals surface area contributed by atoms with Crippen LogP contribution < -0.4 is 21.1 Å². The lowest BCUT2D eigenvalue weighted by Crippen LogP contribution is -2.19. The number of oxime groups is 1. The topological polar surface area (TPSA) is 124 Å². The van der Waals surface area contributed by atoms with Crippen LogP contribution in [0.2, 0.25) is 5.02 Å². The number of carbonyl (C=O) groups is 1. The molecule has 0 aliphatic carbocycles. The number of aromatic nitrogens is 2. The number of benzene rings is 2. The maximum atomic E-state index is 13.2. The van der Waals surface area contributed by atoms with Crippen molar-refractivity contribution >= 4 is 41.0 Å². The summed E-state index contributed by atoms with van der Waals surface area (Å²) >= 11 is 6.24. The Kier molecular flexibility index (Phi) is 6.60. The predicted octanol–water partition coefficient (Wildman–Crippen LogP) is 4.27. The minimum absolute atomic E-state index is 0.143. The lowest BCUT2D eigenvalue weighted by molar-refractivity contribution is 0.215. The van der Waals surface area contributed by atoms with E-state index in [9.17, 15) is 9.18 Å². The predicted molar refractivity (Wildman–Crippen MR) is 112 cm³/mol. The van der Waals surface area contributed by atoms with Crippen molar-refractivity contribution in [3.05, 3.63) is 65.2 Å². The molecule has 2 amide bonds. The molecule has 0 aliphatic rings. The van der Waals surface area contributed by atoms with Crippen LogP contribution in [0.4, 0.5) is 26.4 Å². The number of nitrogens with one attached hydrogen (secondary N) is 2. The van der Waals surface area contributed by atoms with Gasteiger partial charge in [0, 0.05) is 11.8 Å². The van der Waals surface area contributed by atoms with Crippen LogP contribution in [0, 0.1) is 5.82 Å². The van der Waals surface area contributed by atoms with E-state index in [1.54, 1.807) is 12.1 Å². The second-order valence-electron chi connectivity index (χ2n) is 5.73. The molecular formula is C19H16ClFN6O3. The monoisotopic (exact) mass is 430 g/mol. The van der Waals surface area contributed by atoms with Crippen molar-refractivity contribution in [3.63, 3.8) is 0 Å². The number of hydrogen-bond donors (Lipinski definition) is 3. The maximum absolute atomic E-state index is 13.2. The summed E-state index contributed by atoms with van der Waals surface area (Å²) in [6, 6.07) is 9.50. The first-order valence-electron chi connectivity index (χ1n) is 8.44. The number of nitrogens with zero attached hydrogens (tertiary/aromatic N) is 3. The lowest BCUT2D eigenvalue weighted by atomic mass is 10.3. The van der Waals surface area contributed by atoms with E-state index in [0.717, 1.165) is 0 Å². The molecule has 3 rings (SSSR count). The van der Waals surface area contributed by atoms with E-state index in [-0.39, 0.29) is 16.7 Å². The van der Waals surface area contributed by atoms with Gasteiger partial charge in [-0.3, -0.25) is 0 Å². The van der Waals surface area contributed by atoms with Gasteiger partial charge in [-0.2, -0.15) is 0 Å². The quantitative estimate of drug-likeness (QED) is 0.396. The highest BCUT2D eigenvalue weighted by Gasteiger charge is 2.12. The van der Waals surface area contributed by atoms with Gasteiger partial charge in [-0.15, -0.1) is 0 Å². The Balaban J connectivity index is 1.72. The summed E-state index contributed by atoms with van der Waals surface area (Å²) in [4.78, 5) is 24.7. The number of hydrogen-bond acceptors (Lipinski definition) is 7. The van der Waals surface area contributed by atoms with E-state index in [1.807, 2.05) is 0 Å². The average Bonchev–Trinajstić information content (AvgIpc) is 2.70. The van der Waals surface area contributed by atoms with Crippen LogP contribution in [0.3, 0.4) is 0 Å². The molecule has 11 heteroatoms. The number of nitrogens with two attached hydrogens (primary N) is 1. The highest BCUT2D eigenvalue weighted by molar-refractivity contribution is 6.34. The molecule has 1 aromatic heterocycles. The summed E-state index contributed by atoms with van der Waals surface area (Å²) in [7, 11) is 1.38. The highest BCUT2D eigenvalue weighted by Crippen LogP contribution is 2.31. The maximum Gasteiger partial charge on any atom is 0.323 e. The van der Waals surface area contributed by atoms with Gasteiger partial charge >= 0.3 is 6.03 Å². The Morgan fingerprint density at radius 3 is 2.80 bits per heavy atom. The molecule has 0 spiro atoms. The van der Waals surface area contributed by atoms with Gasteiger partial charge in [0.25, 0.3) is 0 Å². The van der Waals surface area contributed by atoms with Crippen LogP contribution >= 0.6 is 11.6 Å². The van der Waals surface area contributed by atoms with E-state index < -0.39 is 11.8 Å². The number of carbonyl (C=O) groups excluding carboxylic acids is 1. The van der Waals surface area contributed by atoms with Gasteiger partial charge in [-0.05, 0) is 30.3 Å². The van der Waals surface area contributed by atoms with Crippen LogP contribution in [-0.4, -0.2) is 29.3 Å². The van der Waals surface area contributed by atoms with Gasteiger partial charge in [-0.1, -0.05) is 22.8 Å². The molecule has 4 N–H and O–H groups in total. The van der Waals surface area contributed by atoms with E-state index in [2.05, 4.69) is 30.6 Å². The molecule has 2 aromatic carbocycles. The molecular weight excluding hydrogens is 415 g/mol. The van der Waals surface area contributed by atoms with Gasteiger partial charge in [-0.25, -0.2) is 19.2 Å². The minimum Gasteiger partial charge on any atom is -0.438 e. The largest absolute Gasteiger partial charge is 0.438 e. The molecule has 0 radical (unpaired) electrons. The summed E-state index contributed by atoms with van der Waals surface area (Å²) in [5.74, 6) is 0.164. The number of ether oxygens (including phenoxy) is 1. The number of rotatable bonds is 6. The van der Waals surface area contributed by atoms with Gasteiger partial charge in [0.1, 0.15) is 36.4 Å². The summed E-state index contributed by atoms with van der Waals surface area (Å²) < 4.78 is 18.9. The molecule has 3 aromatic rings. The normalized spacial score (nSPS) is 10.6. The molecule has 0 fully saturated rings. The summed E-state index contributed by atoms with van der Waals surface area (Å²) in [6.45, 7) is 0. The lowest BCUT2D eigenvalue weighted by Gasteiger charge is -2.12. The molecule has 0 saturated carbocycles. The first-order chi connectivity index (χ1) is 14.5. The fourth-order valence-electron chi connectivity index (χ4n) is 2.32. The zero-order valence-electron chi connectivity index (χ0n) is 15.6. The number of amides is 2. The van der Waals surface area contributed by atoms with Crippen molar-refractivity contribution < 1.29 is 18.8 Å². The van der Waals surface area contributed by atoms with E-state index in [1.165, 1.54) is 50.0 Å². The molecule has 154 valence electrons. The fraction of sp³-hybridized carbons (Fsp3) is 0.0526. The summed E-state index contributed by atoms with van der Waals surface area (Å²) in [5.41, 5.74) is 6.76. The van der Waals surface area contributed by atoms with Gasteiger partial charge < -0.3 is 25.9 Å².